The summed E-state index contributed by atoms with van der Waals surface area (Å²) in [6.07, 6.45) is 0. The van der Waals surface area contributed by atoms with Gasteiger partial charge in [-0.2, -0.15) is 0 Å². The van der Waals surface area contributed by atoms with Crippen LogP contribution in [-0.4, -0.2) is 22.5 Å². The van der Waals surface area contributed by atoms with Crippen molar-refractivity contribution in [2.75, 3.05) is 6.54 Å². The molecule has 4 nitrogen and oxygen atoms in total. The van der Waals surface area contributed by atoms with E-state index < -0.39 is 35.2 Å². The fraction of sp³-hybridized carbons (Fsp3) is 0.125. The lowest BCUT2D eigenvalue weighted by atomic mass is 10.1. The summed E-state index contributed by atoms with van der Waals surface area (Å²) in [5, 5.41) is 18.0. The maximum absolute atomic E-state index is 13.0. The first-order chi connectivity index (χ1) is 6.07. The number of benzene rings is 1. The number of rotatable bonds is 2. The first kappa shape index (κ1) is 9.47. The lowest BCUT2D eigenvalue weighted by molar-refractivity contribution is 0.0994. The van der Waals surface area contributed by atoms with E-state index in [1.807, 2.05) is 0 Å². The highest BCUT2D eigenvalue weighted by atomic mass is 19.1. The molecule has 0 spiro atoms. The summed E-state index contributed by atoms with van der Waals surface area (Å²) in [4.78, 5) is 11.0. The van der Waals surface area contributed by atoms with Crippen molar-refractivity contribution < 1.29 is 19.4 Å². The summed E-state index contributed by atoms with van der Waals surface area (Å²) in [6.45, 7) is -0.423. The number of nitrogens with two attached hydrogens (primary N) is 1. The van der Waals surface area contributed by atoms with Gasteiger partial charge in [-0.25, -0.2) is 4.39 Å². The molecule has 0 fully saturated rings. The Balaban J connectivity index is 3.33. The second-order valence-electron chi connectivity index (χ2n) is 2.42. The quantitative estimate of drug-likeness (QED) is 0.459. The monoisotopic (exact) mass is 185 g/mol. The third-order valence-electron chi connectivity index (χ3n) is 1.56. The smallest absolute Gasteiger partial charge is 0.183 e. The second kappa shape index (κ2) is 3.40. The highest BCUT2D eigenvalue weighted by Crippen LogP contribution is 2.27. The maximum atomic E-state index is 13.0. The fourth-order valence-electron chi connectivity index (χ4n) is 0.922. The molecular formula is C8H8FNO3. The molecule has 4 N–H and O–H groups in total. The molecule has 0 saturated carbocycles. The summed E-state index contributed by atoms with van der Waals surface area (Å²) < 4.78 is 13.0. The number of Topliss-reactive ketones (excluding diaryl/α,β-unsaturated/α-hetero) is 1. The van der Waals surface area contributed by atoms with Gasteiger partial charge in [-0.1, -0.05) is 0 Å². The average molecular weight is 185 g/mol. The predicted molar refractivity (Wildman–Crippen MR) is 43.1 cm³/mol. The van der Waals surface area contributed by atoms with E-state index in [2.05, 4.69) is 0 Å². The molecule has 0 atom stereocenters. The third kappa shape index (κ3) is 1.59. The topological polar surface area (TPSA) is 83.6 Å². The third-order valence-corrected chi connectivity index (χ3v) is 1.56. The van der Waals surface area contributed by atoms with Gasteiger partial charge in [0.1, 0.15) is 11.3 Å². The Morgan fingerprint density at radius 2 is 1.92 bits per heavy atom. The molecule has 0 aliphatic heterocycles. The zero-order chi connectivity index (χ0) is 10.0. The molecule has 0 aromatic heterocycles. The Morgan fingerprint density at radius 3 is 2.46 bits per heavy atom. The molecule has 13 heavy (non-hydrogen) atoms. The molecule has 0 unspecified atom stereocenters. The van der Waals surface area contributed by atoms with Gasteiger partial charge in [0.2, 0.25) is 0 Å². The van der Waals surface area contributed by atoms with Crippen LogP contribution in [0.25, 0.3) is 0 Å². The highest BCUT2D eigenvalue weighted by molar-refractivity contribution is 6.00. The molecule has 1 aromatic carbocycles. The van der Waals surface area contributed by atoms with Crippen LogP contribution in [0, 0.1) is 5.82 Å². The van der Waals surface area contributed by atoms with Crippen LogP contribution in [-0.2, 0) is 0 Å². The van der Waals surface area contributed by atoms with Crippen LogP contribution in [0.2, 0.25) is 0 Å². The standard InChI is InChI=1S/C8H8FNO3/c9-8-5(12)2-1-4(11)7(8)6(13)3-10/h1-2,11-12H,3,10H2. The van der Waals surface area contributed by atoms with Crippen molar-refractivity contribution in [1.29, 1.82) is 0 Å². The molecule has 0 heterocycles. The number of halogens is 1. The number of carbonyl (C=O) groups is 1. The molecule has 0 aliphatic rings. The summed E-state index contributed by atoms with van der Waals surface area (Å²) in [5.74, 6) is -3.11. The van der Waals surface area contributed by atoms with E-state index in [1.54, 1.807) is 0 Å². The predicted octanol–water partition coefficient (Wildman–Crippen LogP) is 0.378. The van der Waals surface area contributed by atoms with Gasteiger partial charge in [-0.05, 0) is 12.1 Å². The zero-order valence-electron chi connectivity index (χ0n) is 6.62. The van der Waals surface area contributed by atoms with Gasteiger partial charge in [0.15, 0.2) is 17.3 Å². The Labute approximate surface area is 73.4 Å². The van der Waals surface area contributed by atoms with Crippen molar-refractivity contribution in [2.45, 2.75) is 0 Å². The number of carbonyl (C=O) groups excluding carboxylic acids is 1. The number of hydrogen-bond donors (Lipinski definition) is 3. The number of phenols is 2. The van der Waals surface area contributed by atoms with E-state index in [-0.39, 0.29) is 0 Å². The van der Waals surface area contributed by atoms with Crippen LogP contribution in [0.15, 0.2) is 12.1 Å². The van der Waals surface area contributed by atoms with E-state index in [0.29, 0.717) is 0 Å². The van der Waals surface area contributed by atoms with Gasteiger partial charge < -0.3 is 15.9 Å². The van der Waals surface area contributed by atoms with Gasteiger partial charge in [-0.15, -0.1) is 0 Å². The first-order valence-electron chi connectivity index (χ1n) is 3.51. The van der Waals surface area contributed by atoms with Crippen LogP contribution >= 0.6 is 0 Å². The summed E-state index contributed by atoms with van der Waals surface area (Å²) in [6, 6.07) is 1.99. The summed E-state index contributed by atoms with van der Waals surface area (Å²) in [5.41, 5.74) is 4.42. The van der Waals surface area contributed by atoms with E-state index in [9.17, 15) is 9.18 Å². The SMILES string of the molecule is NCC(=O)c1c(O)ccc(O)c1F. The Bertz CT molecular complexity index is 351. The van der Waals surface area contributed by atoms with Gasteiger partial charge in [-0.3, -0.25) is 4.79 Å². The van der Waals surface area contributed by atoms with Crippen LogP contribution in [0.5, 0.6) is 11.5 Å². The Hall–Kier alpha value is -1.62. The Morgan fingerprint density at radius 1 is 1.38 bits per heavy atom. The number of hydrogen-bond acceptors (Lipinski definition) is 4. The zero-order valence-corrected chi connectivity index (χ0v) is 6.62. The van der Waals surface area contributed by atoms with Crippen molar-refractivity contribution in [1.82, 2.24) is 0 Å². The van der Waals surface area contributed by atoms with E-state index in [4.69, 9.17) is 15.9 Å². The molecule has 0 saturated heterocycles. The minimum atomic E-state index is -1.14. The fourth-order valence-corrected chi connectivity index (χ4v) is 0.922. The molecule has 1 rings (SSSR count). The first-order valence-corrected chi connectivity index (χ1v) is 3.51. The van der Waals surface area contributed by atoms with Gasteiger partial charge >= 0.3 is 0 Å². The average Bonchev–Trinajstić information content (AvgIpc) is 2.12. The van der Waals surface area contributed by atoms with Crippen LogP contribution < -0.4 is 5.73 Å². The minimum absolute atomic E-state index is 0.423. The molecule has 0 bridgehead atoms. The number of ketones is 1. The van der Waals surface area contributed by atoms with E-state index in [1.165, 1.54) is 0 Å². The maximum Gasteiger partial charge on any atom is 0.183 e. The number of phenolic OH excluding ortho intramolecular Hbond substituents is 2. The summed E-state index contributed by atoms with van der Waals surface area (Å²) in [7, 11) is 0. The van der Waals surface area contributed by atoms with E-state index in [0.717, 1.165) is 12.1 Å². The van der Waals surface area contributed by atoms with Gasteiger partial charge in [0, 0.05) is 0 Å². The van der Waals surface area contributed by atoms with Crippen molar-refractivity contribution in [3.05, 3.63) is 23.5 Å². The van der Waals surface area contributed by atoms with Gasteiger partial charge in [0.05, 0.1) is 6.54 Å². The van der Waals surface area contributed by atoms with Crippen molar-refractivity contribution >= 4 is 5.78 Å². The molecular weight excluding hydrogens is 177 g/mol. The Kier molecular flexibility index (Phi) is 2.48. The molecule has 5 heteroatoms. The molecule has 0 amide bonds. The lowest BCUT2D eigenvalue weighted by Gasteiger charge is -2.04. The second-order valence-corrected chi connectivity index (χ2v) is 2.42. The molecule has 0 radical (unpaired) electrons. The van der Waals surface area contributed by atoms with Crippen molar-refractivity contribution in [3.63, 3.8) is 0 Å². The molecule has 1 aromatic rings. The highest BCUT2D eigenvalue weighted by Gasteiger charge is 2.18. The largest absolute Gasteiger partial charge is 0.507 e. The normalized spacial score (nSPS) is 10.0. The number of aromatic hydroxyl groups is 2. The van der Waals surface area contributed by atoms with Crippen molar-refractivity contribution in [3.8, 4) is 11.5 Å². The molecule has 70 valence electrons. The van der Waals surface area contributed by atoms with Crippen LogP contribution in [0.3, 0.4) is 0 Å². The van der Waals surface area contributed by atoms with Crippen LogP contribution in [0.4, 0.5) is 4.39 Å². The summed E-state index contributed by atoms with van der Waals surface area (Å²) >= 11 is 0. The van der Waals surface area contributed by atoms with E-state index >= 15 is 0 Å². The lowest BCUT2D eigenvalue weighted by Crippen LogP contribution is -2.15. The van der Waals surface area contributed by atoms with Crippen LogP contribution in [0.1, 0.15) is 10.4 Å². The minimum Gasteiger partial charge on any atom is -0.507 e. The van der Waals surface area contributed by atoms with Gasteiger partial charge in [0.25, 0.3) is 0 Å². The molecule has 0 aliphatic carbocycles. The van der Waals surface area contributed by atoms with Crippen molar-refractivity contribution in [2.24, 2.45) is 5.73 Å².